The standard InChI is InChI=1S/C21H30ClN5O2S/c1-14(2)27-11-7-8-16(13-27)24-21-23-12-17(22)20(26-21)25-18-9-5-6-10-19(18)30(28,29)15(3)4/h5-6,9-10,12,14-16H,7-8,11,13H2,1-4H3,(H2,23,24,25,26)/t16-/m1/s1. The Bertz CT molecular complexity index is 981. The summed E-state index contributed by atoms with van der Waals surface area (Å²) in [5.74, 6) is 0.846. The van der Waals surface area contributed by atoms with Gasteiger partial charge in [-0.2, -0.15) is 4.98 Å². The third-order valence-electron chi connectivity index (χ3n) is 5.33. The predicted molar refractivity (Wildman–Crippen MR) is 122 cm³/mol. The predicted octanol–water partition coefficient (Wildman–Crippen LogP) is 4.34. The van der Waals surface area contributed by atoms with Gasteiger partial charge in [-0.15, -0.1) is 0 Å². The number of anilines is 3. The molecule has 2 heterocycles. The highest BCUT2D eigenvalue weighted by Gasteiger charge is 2.24. The second-order valence-corrected chi connectivity index (χ2v) is 11.1. The van der Waals surface area contributed by atoms with Gasteiger partial charge in [0.2, 0.25) is 5.95 Å². The normalized spacial score (nSPS) is 18.0. The molecule has 0 spiro atoms. The Morgan fingerprint density at radius 1 is 1.20 bits per heavy atom. The van der Waals surface area contributed by atoms with Crippen LogP contribution in [0, 0.1) is 0 Å². The molecule has 0 saturated carbocycles. The third-order valence-corrected chi connectivity index (χ3v) is 7.81. The molecule has 9 heteroatoms. The summed E-state index contributed by atoms with van der Waals surface area (Å²) in [6, 6.07) is 7.54. The van der Waals surface area contributed by atoms with E-state index in [1.54, 1.807) is 38.1 Å². The first-order chi connectivity index (χ1) is 14.2. The SMILES string of the molecule is CC(C)N1CCC[C@@H](Nc2ncc(Cl)c(Nc3ccccc3S(=O)(=O)C(C)C)n2)C1. The second kappa shape index (κ2) is 9.49. The highest BCUT2D eigenvalue weighted by Crippen LogP contribution is 2.30. The maximum Gasteiger partial charge on any atom is 0.224 e. The number of aromatic nitrogens is 2. The highest BCUT2D eigenvalue weighted by molar-refractivity contribution is 7.92. The molecule has 2 aromatic rings. The number of likely N-dealkylation sites (tertiary alicyclic amines) is 1. The molecule has 7 nitrogen and oxygen atoms in total. The van der Waals surface area contributed by atoms with Crippen LogP contribution in [-0.2, 0) is 9.84 Å². The molecule has 0 radical (unpaired) electrons. The van der Waals surface area contributed by atoms with Crippen LogP contribution in [0.15, 0.2) is 35.4 Å². The minimum Gasteiger partial charge on any atom is -0.350 e. The van der Waals surface area contributed by atoms with Crippen LogP contribution in [0.4, 0.5) is 17.5 Å². The number of hydrogen-bond donors (Lipinski definition) is 2. The maximum atomic E-state index is 12.7. The number of nitrogens with one attached hydrogen (secondary N) is 2. The first-order valence-corrected chi connectivity index (χ1v) is 12.2. The van der Waals surface area contributed by atoms with Gasteiger partial charge in [-0.3, -0.25) is 4.90 Å². The van der Waals surface area contributed by atoms with Gasteiger partial charge < -0.3 is 10.6 Å². The van der Waals surface area contributed by atoms with Crippen LogP contribution in [0.2, 0.25) is 5.02 Å². The van der Waals surface area contributed by atoms with Gasteiger partial charge in [0.1, 0.15) is 5.02 Å². The Morgan fingerprint density at radius 3 is 2.63 bits per heavy atom. The van der Waals surface area contributed by atoms with E-state index in [0.717, 1.165) is 25.9 Å². The van der Waals surface area contributed by atoms with Crippen molar-refractivity contribution in [3.8, 4) is 0 Å². The summed E-state index contributed by atoms with van der Waals surface area (Å²) in [4.78, 5) is 11.5. The first-order valence-electron chi connectivity index (χ1n) is 10.3. The topological polar surface area (TPSA) is 87.2 Å². The van der Waals surface area contributed by atoms with E-state index in [2.05, 4.69) is 39.3 Å². The monoisotopic (exact) mass is 451 g/mol. The van der Waals surface area contributed by atoms with Crippen molar-refractivity contribution >= 4 is 38.9 Å². The molecule has 1 atom stereocenters. The summed E-state index contributed by atoms with van der Waals surface area (Å²) >= 11 is 6.31. The van der Waals surface area contributed by atoms with Crippen LogP contribution in [0.1, 0.15) is 40.5 Å². The van der Waals surface area contributed by atoms with Gasteiger partial charge in [-0.25, -0.2) is 13.4 Å². The molecule has 0 aliphatic carbocycles. The zero-order valence-electron chi connectivity index (χ0n) is 17.9. The average molecular weight is 452 g/mol. The van der Waals surface area contributed by atoms with Gasteiger partial charge in [0, 0.05) is 18.6 Å². The fourth-order valence-electron chi connectivity index (χ4n) is 3.50. The maximum absolute atomic E-state index is 12.7. The number of halogens is 1. The minimum absolute atomic E-state index is 0.226. The van der Waals surface area contributed by atoms with Crippen molar-refractivity contribution in [1.82, 2.24) is 14.9 Å². The molecule has 30 heavy (non-hydrogen) atoms. The van der Waals surface area contributed by atoms with Gasteiger partial charge in [0.15, 0.2) is 15.7 Å². The number of benzene rings is 1. The number of para-hydroxylation sites is 1. The van der Waals surface area contributed by atoms with Crippen LogP contribution in [0.5, 0.6) is 0 Å². The van der Waals surface area contributed by atoms with Gasteiger partial charge in [-0.1, -0.05) is 23.7 Å². The molecule has 164 valence electrons. The molecule has 1 aromatic heterocycles. The quantitative estimate of drug-likeness (QED) is 0.647. The Kier molecular flexibility index (Phi) is 7.21. The van der Waals surface area contributed by atoms with Crippen molar-refractivity contribution in [3.63, 3.8) is 0 Å². The Labute approximate surface area is 184 Å². The van der Waals surface area contributed by atoms with Gasteiger partial charge in [0.05, 0.1) is 22.0 Å². The molecule has 1 aromatic carbocycles. The third kappa shape index (κ3) is 5.22. The fraction of sp³-hybridized carbons (Fsp3) is 0.524. The van der Waals surface area contributed by atoms with Gasteiger partial charge in [-0.05, 0) is 59.2 Å². The highest BCUT2D eigenvalue weighted by atomic mass is 35.5. The van der Waals surface area contributed by atoms with E-state index in [9.17, 15) is 8.42 Å². The molecule has 1 saturated heterocycles. The summed E-state index contributed by atoms with van der Waals surface area (Å²) in [5, 5.41) is 6.29. The van der Waals surface area contributed by atoms with E-state index in [1.807, 2.05) is 0 Å². The molecule has 0 bridgehead atoms. The molecule has 1 aliphatic heterocycles. The molecular weight excluding hydrogens is 422 g/mol. The molecular formula is C21H30ClN5O2S. The lowest BCUT2D eigenvalue weighted by molar-refractivity contribution is 0.174. The van der Waals surface area contributed by atoms with Crippen molar-refractivity contribution < 1.29 is 8.42 Å². The number of rotatable bonds is 7. The Balaban J connectivity index is 1.82. The van der Waals surface area contributed by atoms with Crippen LogP contribution in [0.3, 0.4) is 0 Å². The number of hydrogen-bond acceptors (Lipinski definition) is 7. The van der Waals surface area contributed by atoms with E-state index in [-0.39, 0.29) is 10.9 Å². The van der Waals surface area contributed by atoms with E-state index in [1.165, 1.54) is 6.20 Å². The first kappa shape index (κ1) is 22.8. The number of piperidine rings is 1. The summed E-state index contributed by atoms with van der Waals surface area (Å²) in [6.07, 6.45) is 3.70. The van der Waals surface area contributed by atoms with Crippen molar-refractivity contribution in [3.05, 3.63) is 35.5 Å². The van der Waals surface area contributed by atoms with Gasteiger partial charge in [0.25, 0.3) is 0 Å². The molecule has 0 amide bonds. The van der Waals surface area contributed by atoms with E-state index in [0.29, 0.717) is 28.5 Å². The number of nitrogens with zero attached hydrogens (tertiary/aromatic N) is 3. The zero-order chi connectivity index (χ0) is 21.9. The van der Waals surface area contributed by atoms with E-state index >= 15 is 0 Å². The zero-order valence-corrected chi connectivity index (χ0v) is 19.5. The lowest BCUT2D eigenvalue weighted by Gasteiger charge is -2.35. The van der Waals surface area contributed by atoms with Crippen molar-refractivity contribution in [1.29, 1.82) is 0 Å². The summed E-state index contributed by atoms with van der Waals surface area (Å²) < 4.78 is 25.4. The summed E-state index contributed by atoms with van der Waals surface area (Å²) in [5.41, 5.74) is 0.446. The van der Waals surface area contributed by atoms with Crippen molar-refractivity contribution in [2.45, 2.75) is 62.8 Å². The molecule has 1 fully saturated rings. The Hall–Kier alpha value is -1.90. The van der Waals surface area contributed by atoms with Crippen LogP contribution < -0.4 is 10.6 Å². The fourth-order valence-corrected chi connectivity index (χ4v) is 4.84. The summed E-state index contributed by atoms with van der Waals surface area (Å²) in [6.45, 7) is 9.76. The smallest absolute Gasteiger partial charge is 0.224 e. The average Bonchev–Trinajstić information content (AvgIpc) is 2.71. The van der Waals surface area contributed by atoms with E-state index in [4.69, 9.17) is 11.6 Å². The van der Waals surface area contributed by atoms with Crippen LogP contribution >= 0.6 is 11.6 Å². The van der Waals surface area contributed by atoms with Gasteiger partial charge >= 0.3 is 0 Å². The summed E-state index contributed by atoms with van der Waals surface area (Å²) in [7, 11) is -3.46. The largest absolute Gasteiger partial charge is 0.350 e. The second-order valence-electron chi connectivity index (χ2n) is 8.18. The molecule has 1 aliphatic rings. The lowest BCUT2D eigenvalue weighted by atomic mass is 10.0. The van der Waals surface area contributed by atoms with E-state index < -0.39 is 15.1 Å². The lowest BCUT2D eigenvalue weighted by Crippen LogP contribution is -2.45. The van der Waals surface area contributed by atoms with Crippen LogP contribution in [0.25, 0.3) is 0 Å². The molecule has 0 unspecified atom stereocenters. The molecule has 3 rings (SSSR count). The van der Waals surface area contributed by atoms with Crippen LogP contribution in [-0.4, -0.2) is 53.7 Å². The molecule has 2 N–H and O–H groups in total. The Morgan fingerprint density at radius 2 is 1.93 bits per heavy atom. The minimum atomic E-state index is -3.46. The van der Waals surface area contributed by atoms with Crippen molar-refractivity contribution in [2.24, 2.45) is 0 Å². The number of sulfone groups is 1. The van der Waals surface area contributed by atoms with Crippen molar-refractivity contribution in [2.75, 3.05) is 23.7 Å².